The van der Waals surface area contributed by atoms with Gasteiger partial charge in [-0.25, -0.2) is 0 Å². The number of hydrogen-bond donors (Lipinski definition) is 0. The number of aromatic nitrogens is 2. The normalized spacial score (nSPS) is 10.3. The monoisotopic (exact) mass is 282 g/mol. The zero-order valence-electron chi connectivity index (χ0n) is 12.8. The molecule has 0 spiro atoms. The van der Waals surface area contributed by atoms with E-state index >= 15 is 0 Å². The van der Waals surface area contributed by atoms with E-state index in [2.05, 4.69) is 52.8 Å². The molecule has 0 unspecified atom stereocenters. The zero-order chi connectivity index (χ0) is 15.1. The van der Waals surface area contributed by atoms with Crippen LogP contribution in [0.25, 0.3) is 0 Å². The van der Waals surface area contributed by atoms with E-state index in [1.54, 1.807) is 0 Å². The van der Waals surface area contributed by atoms with E-state index in [4.69, 9.17) is 5.26 Å². The van der Waals surface area contributed by atoms with E-state index in [0.717, 1.165) is 37.4 Å². The van der Waals surface area contributed by atoms with E-state index < -0.39 is 0 Å². The van der Waals surface area contributed by atoms with Crippen LogP contribution in [0.1, 0.15) is 31.7 Å². The Kier molecular flexibility index (Phi) is 5.39. The minimum absolute atomic E-state index is 0.524. The second-order valence-electron chi connectivity index (χ2n) is 4.96. The van der Waals surface area contributed by atoms with Crippen LogP contribution in [0.4, 0.5) is 5.69 Å². The minimum atomic E-state index is 0.524. The predicted octanol–water partition coefficient (Wildman–Crippen LogP) is 3.39. The number of para-hydroxylation sites is 1. The first kappa shape index (κ1) is 15.1. The van der Waals surface area contributed by atoms with Gasteiger partial charge in [-0.2, -0.15) is 10.4 Å². The molecule has 0 atom stereocenters. The minimum Gasteiger partial charge on any atom is -0.365 e. The number of rotatable bonds is 7. The highest BCUT2D eigenvalue weighted by Gasteiger charge is 2.12. The van der Waals surface area contributed by atoms with Gasteiger partial charge in [-0.15, -0.1) is 0 Å². The summed E-state index contributed by atoms with van der Waals surface area (Å²) < 4.78 is 2.06. The van der Waals surface area contributed by atoms with Gasteiger partial charge in [-0.3, -0.25) is 4.68 Å². The predicted molar refractivity (Wildman–Crippen MR) is 85.0 cm³/mol. The summed E-state index contributed by atoms with van der Waals surface area (Å²) in [7, 11) is 0. The van der Waals surface area contributed by atoms with Crippen LogP contribution < -0.4 is 4.90 Å². The molecule has 0 aliphatic rings. The molecule has 0 aliphatic heterocycles. The van der Waals surface area contributed by atoms with Crippen molar-refractivity contribution in [2.75, 3.05) is 11.4 Å². The molecule has 2 rings (SSSR count). The highest BCUT2D eigenvalue weighted by atomic mass is 15.3. The summed E-state index contributed by atoms with van der Waals surface area (Å²) in [5.41, 5.74) is 3.48. The molecule has 1 aromatic carbocycles. The summed E-state index contributed by atoms with van der Waals surface area (Å²) in [6, 6.07) is 14.7. The summed E-state index contributed by atoms with van der Waals surface area (Å²) >= 11 is 0. The van der Waals surface area contributed by atoms with Crippen LogP contribution in [0.15, 0.2) is 36.4 Å². The van der Waals surface area contributed by atoms with Crippen molar-refractivity contribution in [3.05, 3.63) is 47.8 Å². The average Bonchev–Trinajstić information content (AvgIpc) is 2.94. The fourth-order valence-electron chi connectivity index (χ4n) is 2.41. The van der Waals surface area contributed by atoms with Crippen molar-refractivity contribution in [1.82, 2.24) is 9.78 Å². The van der Waals surface area contributed by atoms with Gasteiger partial charge in [0, 0.05) is 18.8 Å². The number of anilines is 1. The van der Waals surface area contributed by atoms with Crippen molar-refractivity contribution in [2.24, 2.45) is 0 Å². The number of hydrogen-bond acceptors (Lipinski definition) is 3. The highest BCUT2D eigenvalue weighted by molar-refractivity contribution is 5.46. The van der Waals surface area contributed by atoms with Crippen molar-refractivity contribution < 1.29 is 0 Å². The maximum atomic E-state index is 8.88. The molecule has 2 aromatic rings. The van der Waals surface area contributed by atoms with Crippen molar-refractivity contribution in [2.45, 2.75) is 39.8 Å². The number of nitriles is 1. The Morgan fingerprint density at radius 1 is 1.24 bits per heavy atom. The molecule has 21 heavy (non-hydrogen) atoms. The Morgan fingerprint density at radius 2 is 2.00 bits per heavy atom. The Bertz CT molecular complexity index is 595. The third-order valence-corrected chi connectivity index (χ3v) is 3.54. The molecule has 0 saturated carbocycles. The number of benzene rings is 1. The molecule has 0 bridgehead atoms. The summed E-state index contributed by atoms with van der Waals surface area (Å²) in [4.78, 5) is 2.24. The third-order valence-electron chi connectivity index (χ3n) is 3.54. The first-order valence-corrected chi connectivity index (χ1v) is 7.51. The van der Waals surface area contributed by atoms with E-state index in [1.807, 2.05) is 18.2 Å². The zero-order valence-corrected chi connectivity index (χ0v) is 12.8. The van der Waals surface area contributed by atoms with Crippen LogP contribution >= 0.6 is 0 Å². The molecule has 1 aromatic heterocycles. The summed E-state index contributed by atoms with van der Waals surface area (Å²) in [5, 5.41) is 13.5. The topological polar surface area (TPSA) is 44.9 Å². The maximum Gasteiger partial charge on any atom is 0.0640 e. The van der Waals surface area contributed by atoms with Gasteiger partial charge in [-0.1, -0.05) is 25.1 Å². The molecular formula is C17H22N4. The Morgan fingerprint density at radius 3 is 2.62 bits per heavy atom. The Balaban J connectivity index is 2.22. The largest absolute Gasteiger partial charge is 0.365 e. The second-order valence-corrected chi connectivity index (χ2v) is 4.96. The lowest BCUT2D eigenvalue weighted by molar-refractivity contribution is 0.603. The van der Waals surface area contributed by atoms with Gasteiger partial charge in [0.05, 0.1) is 30.4 Å². The quantitative estimate of drug-likeness (QED) is 0.782. The van der Waals surface area contributed by atoms with Gasteiger partial charge in [0.1, 0.15) is 0 Å². The van der Waals surface area contributed by atoms with E-state index in [0.29, 0.717) is 6.42 Å². The summed E-state index contributed by atoms with van der Waals surface area (Å²) in [6.07, 6.45) is 1.47. The lowest BCUT2D eigenvalue weighted by Crippen LogP contribution is -2.25. The molecule has 0 saturated heterocycles. The molecular weight excluding hydrogens is 260 g/mol. The molecule has 0 N–H and O–H groups in total. The van der Waals surface area contributed by atoms with Crippen LogP contribution in [-0.4, -0.2) is 16.3 Å². The molecule has 0 radical (unpaired) electrons. The van der Waals surface area contributed by atoms with Crippen LogP contribution in [0, 0.1) is 11.3 Å². The van der Waals surface area contributed by atoms with Gasteiger partial charge in [-0.05, 0) is 31.5 Å². The number of aryl methyl sites for hydroxylation is 2. The van der Waals surface area contributed by atoms with Crippen molar-refractivity contribution in [3.8, 4) is 6.07 Å². The van der Waals surface area contributed by atoms with Crippen molar-refractivity contribution in [1.29, 1.82) is 5.26 Å². The standard InChI is InChI=1S/C17H22N4/c1-3-15-13-17(21(4-2)19-15)14-20(12-8-11-18)16-9-6-5-7-10-16/h5-7,9-10,13H,3-4,8,12,14H2,1-2H3. The first-order chi connectivity index (χ1) is 10.3. The van der Waals surface area contributed by atoms with Crippen LogP contribution in [0.2, 0.25) is 0 Å². The summed E-state index contributed by atoms with van der Waals surface area (Å²) in [6.45, 7) is 6.62. The van der Waals surface area contributed by atoms with Gasteiger partial charge in [0.25, 0.3) is 0 Å². The molecule has 4 heteroatoms. The van der Waals surface area contributed by atoms with E-state index in [9.17, 15) is 0 Å². The highest BCUT2D eigenvalue weighted by Crippen LogP contribution is 2.18. The van der Waals surface area contributed by atoms with Crippen molar-refractivity contribution in [3.63, 3.8) is 0 Å². The van der Waals surface area contributed by atoms with Crippen LogP contribution in [0.3, 0.4) is 0 Å². The van der Waals surface area contributed by atoms with Gasteiger partial charge in [0.2, 0.25) is 0 Å². The molecule has 4 nitrogen and oxygen atoms in total. The lowest BCUT2D eigenvalue weighted by Gasteiger charge is -2.24. The van der Waals surface area contributed by atoms with Gasteiger partial charge < -0.3 is 4.90 Å². The molecule has 110 valence electrons. The maximum absolute atomic E-state index is 8.88. The smallest absolute Gasteiger partial charge is 0.0640 e. The Labute approximate surface area is 126 Å². The second kappa shape index (κ2) is 7.49. The first-order valence-electron chi connectivity index (χ1n) is 7.51. The SMILES string of the molecule is CCc1cc(CN(CCC#N)c2ccccc2)n(CC)n1. The van der Waals surface area contributed by atoms with E-state index in [-0.39, 0.29) is 0 Å². The molecule has 0 fully saturated rings. The van der Waals surface area contributed by atoms with E-state index in [1.165, 1.54) is 5.69 Å². The van der Waals surface area contributed by atoms with Gasteiger partial charge in [0.15, 0.2) is 0 Å². The lowest BCUT2D eigenvalue weighted by atomic mass is 10.2. The summed E-state index contributed by atoms with van der Waals surface area (Å²) in [5.74, 6) is 0. The molecule has 0 aliphatic carbocycles. The molecule has 1 heterocycles. The molecule has 0 amide bonds. The van der Waals surface area contributed by atoms with Crippen LogP contribution in [-0.2, 0) is 19.5 Å². The number of nitrogens with zero attached hydrogens (tertiary/aromatic N) is 4. The van der Waals surface area contributed by atoms with Gasteiger partial charge >= 0.3 is 0 Å². The average molecular weight is 282 g/mol. The fraction of sp³-hybridized carbons (Fsp3) is 0.412. The van der Waals surface area contributed by atoms with Crippen LogP contribution in [0.5, 0.6) is 0 Å². The third kappa shape index (κ3) is 3.85. The fourth-order valence-corrected chi connectivity index (χ4v) is 2.41. The van der Waals surface area contributed by atoms with Crippen molar-refractivity contribution >= 4 is 5.69 Å². The Hall–Kier alpha value is -2.28.